The van der Waals surface area contributed by atoms with Crippen LogP contribution in [0, 0.1) is 0 Å². The van der Waals surface area contributed by atoms with Gasteiger partial charge in [0, 0.05) is 18.8 Å². The van der Waals surface area contributed by atoms with Crippen molar-refractivity contribution < 1.29 is 14.6 Å². The van der Waals surface area contributed by atoms with E-state index in [9.17, 15) is 9.90 Å². The van der Waals surface area contributed by atoms with Gasteiger partial charge in [-0.05, 0) is 31.2 Å². The summed E-state index contributed by atoms with van der Waals surface area (Å²) >= 11 is 1.28. The van der Waals surface area contributed by atoms with E-state index in [0.717, 1.165) is 5.75 Å². The highest BCUT2D eigenvalue weighted by molar-refractivity contribution is 7.99. The molecule has 7 nitrogen and oxygen atoms in total. The molecule has 3 aromatic rings. The highest BCUT2D eigenvalue weighted by Gasteiger charge is 2.18. The number of hydrogen-bond donors (Lipinski definition) is 2. The fourth-order valence-corrected chi connectivity index (χ4v) is 3.19. The average molecular weight is 384 g/mol. The predicted octanol–water partition coefficient (Wildman–Crippen LogP) is 3.39. The maximum Gasteiger partial charge on any atom is 0.234 e. The van der Waals surface area contributed by atoms with Crippen LogP contribution >= 0.6 is 11.8 Å². The number of amides is 1. The molecule has 0 saturated heterocycles. The zero-order chi connectivity index (χ0) is 19.2. The molecule has 27 heavy (non-hydrogen) atoms. The molecule has 3 rings (SSSR count). The van der Waals surface area contributed by atoms with Gasteiger partial charge in [0.05, 0.1) is 5.75 Å². The number of nitrogens with one attached hydrogen (secondary N) is 1. The Hall–Kier alpha value is -3.00. The maximum atomic E-state index is 12.1. The molecule has 0 aliphatic heterocycles. The van der Waals surface area contributed by atoms with E-state index in [1.165, 1.54) is 17.8 Å². The minimum atomic E-state index is -0.277. The quantitative estimate of drug-likeness (QED) is 0.607. The molecule has 0 bridgehead atoms. The molecular formula is C19H20N4O3S. The first-order valence-electron chi connectivity index (χ1n) is 8.35. The number of anilines is 1. The minimum Gasteiger partial charge on any atom is -0.508 e. The third-order valence-corrected chi connectivity index (χ3v) is 4.77. The van der Waals surface area contributed by atoms with E-state index in [2.05, 4.69) is 15.5 Å². The molecule has 1 atom stereocenters. The normalized spacial score (nSPS) is 11.8. The summed E-state index contributed by atoms with van der Waals surface area (Å²) in [5.41, 5.74) is 0.545. The Morgan fingerprint density at radius 1 is 1.22 bits per heavy atom. The Bertz CT molecular complexity index is 914. The van der Waals surface area contributed by atoms with Crippen molar-refractivity contribution in [1.82, 2.24) is 14.8 Å². The number of carbonyl (C=O) groups excluding carboxylic acids is 1. The molecule has 0 spiro atoms. The van der Waals surface area contributed by atoms with Gasteiger partial charge in [0.15, 0.2) is 17.1 Å². The lowest BCUT2D eigenvalue weighted by atomic mass is 10.3. The maximum absolute atomic E-state index is 12.1. The second-order valence-corrected chi connectivity index (χ2v) is 6.80. The van der Waals surface area contributed by atoms with Crippen LogP contribution in [-0.4, -0.2) is 31.5 Å². The van der Waals surface area contributed by atoms with Gasteiger partial charge in [0.2, 0.25) is 5.91 Å². The average Bonchev–Trinajstić information content (AvgIpc) is 3.01. The third-order valence-electron chi connectivity index (χ3n) is 3.75. The van der Waals surface area contributed by atoms with Crippen LogP contribution in [-0.2, 0) is 11.8 Å². The Labute approximate surface area is 161 Å². The summed E-state index contributed by atoms with van der Waals surface area (Å²) in [6.45, 7) is 1.90. The van der Waals surface area contributed by atoms with Crippen molar-refractivity contribution in [2.24, 2.45) is 7.05 Å². The first kappa shape index (κ1) is 18.8. The minimum absolute atomic E-state index is 0.103. The second-order valence-electron chi connectivity index (χ2n) is 5.86. The number of hydrogen-bond acceptors (Lipinski definition) is 6. The Morgan fingerprint density at radius 2 is 2.00 bits per heavy atom. The lowest BCUT2D eigenvalue weighted by Gasteiger charge is -2.14. The van der Waals surface area contributed by atoms with Crippen molar-refractivity contribution in [2.45, 2.75) is 18.2 Å². The monoisotopic (exact) mass is 384 g/mol. The van der Waals surface area contributed by atoms with Gasteiger partial charge < -0.3 is 19.7 Å². The van der Waals surface area contributed by atoms with E-state index in [1.807, 2.05) is 48.9 Å². The van der Waals surface area contributed by atoms with Crippen LogP contribution in [0.2, 0.25) is 0 Å². The van der Waals surface area contributed by atoms with Crippen molar-refractivity contribution in [3.05, 3.63) is 60.4 Å². The molecule has 2 aromatic carbocycles. The van der Waals surface area contributed by atoms with E-state index < -0.39 is 0 Å². The molecule has 0 aliphatic rings. The summed E-state index contributed by atoms with van der Waals surface area (Å²) in [6, 6.07) is 15.9. The molecule has 8 heteroatoms. The number of carbonyl (C=O) groups is 1. The van der Waals surface area contributed by atoms with Gasteiger partial charge in [-0.1, -0.05) is 36.0 Å². The van der Waals surface area contributed by atoms with Crippen LogP contribution < -0.4 is 10.1 Å². The number of aromatic nitrogens is 3. The number of phenols is 1. The number of para-hydroxylation sites is 1. The van der Waals surface area contributed by atoms with Crippen molar-refractivity contribution in [2.75, 3.05) is 11.1 Å². The van der Waals surface area contributed by atoms with Gasteiger partial charge in [-0.15, -0.1) is 10.2 Å². The van der Waals surface area contributed by atoms with E-state index in [0.29, 0.717) is 16.7 Å². The molecule has 0 aliphatic carbocycles. The first-order valence-corrected chi connectivity index (χ1v) is 9.34. The summed E-state index contributed by atoms with van der Waals surface area (Å²) in [6.07, 6.45) is -0.277. The van der Waals surface area contributed by atoms with Crippen LogP contribution in [0.4, 0.5) is 5.69 Å². The van der Waals surface area contributed by atoms with Gasteiger partial charge in [0.25, 0.3) is 0 Å². The smallest absolute Gasteiger partial charge is 0.234 e. The number of rotatable bonds is 7. The fraction of sp³-hybridized carbons (Fsp3) is 0.211. The number of nitrogens with zero attached hydrogens (tertiary/aromatic N) is 3. The summed E-state index contributed by atoms with van der Waals surface area (Å²) < 4.78 is 7.69. The van der Waals surface area contributed by atoms with Crippen LogP contribution in [0.5, 0.6) is 11.5 Å². The van der Waals surface area contributed by atoms with Crippen LogP contribution in [0.25, 0.3) is 0 Å². The van der Waals surface area contributed by atoms with E-state index in [-0.39, 0.29) is 23.5 Å². The molecule has 1 heterocycles. The van der Waals surface area contributed by atoms with Crippen molar-refractivity contribution in [3.8, 4) is 11.5 Å². The number of benzene rings is 2. The molecule has 140 valence electrons. The topological polar surface area (TPSA) is 89.3 Å². The number of aromatic hydroxyl groups is 1. The van der Waals surface area contributed by atoms with E-state index >= 15 is 0 Å². The Kier molecular flexibility index (Phi) is 5.97. The fourth-order valence-electron chi connectivity index (χ4n) is 2.47. The van der Waals surface area contributed by atoms with Crippen molar-refractivity contribution in [1.29, 1.82) is 0 Å². The lowest BCUT2D eigenvalue weighted by Crippen LogP contribution is -2.14. The van der Waals surface area contributed by atoms with Gasteiger partial charge in [-0.3, -0.25) is 4.79 Å². The zero-order valence-electron chi connectivity index (χ0n) is 15.0. The second kappa shape index (κ2) is 8.59. The van der Waals surface area contributed by atoms with Gasteiger partial charge >= 0.3 is 0 Å². The van der Waals surface area contributed by atoms with E-state index in [4.69, 9.17) is 4.74 Å². The summed E-state index contributed by atoms with van der Waals surface area (Å²) in [7, 11) is 1.84. The summed E-state index contributed by atoms with van der Waals surface area (Å²) in [4.78, 5) is 12.1. The Morgan fingerprint density at radius 3 is 2.74 bits per heavy atom. The van der Waals surface area contributed by atoms with Crippen molar-refractivity contribution in [3.63, 3.8) is 0 Å². The largest absolute Gasteiger partial charge is 0.508 e. The first-order chi connectivity index (χ1) is 13.0. The van der Waals surface area contributed by atoms with Gasteiger partial charge in [-0.25, -0.2) is 0 Å². The summed E-state index contributed by atoms with van der Waals surface area (Å²) in [5.74, 6) is 1.52. The SMILES string of the molecule is C[C@@H](Oc1ccccc1)c1nnc(SCC(=O)Nc2cccc(O)c2)n1C. The molecule has 2 N–H and O–H groups in total. The standard InChI is InChI=1S/C19H20N4O3S/c1-13(26-16-9-4-3-5-10-16)18-21-22-19(23(18)2)27-12-17(25)20-14-7-6-8-15(24)11-14/h3-11,13,24H,12H2,1-2H3,(H,20,25)/t13-/m1/s1. The Balaban J connectivity index is 1.57. The highest BCUT2D eigenvalue weighted by Crippen LogP contribution is 2.23. The zero-order valence-corrected chi connectivity index (χ0v) is 15.8. The molecule has 0 fully saturated rings. The van der Waals surface area contributed by atoms with Gasteiger partial charge in [0.1, 0.15) is 11.5 Å². The lowest BCUT2D eigenvalue weighted by molar-refractivity contribution is -0.113. The van der Waals surface area contributed by atoms with Crippen LogP contribution in [0.3, 0.4) is 0 Å². The van der Waals surface area contributed by atoms with Crippen LogP contribution in [0.15, 0.2) is 59.8 Å². The predicted molar refractivity (Wildman–Crippen MR) is 104 cm³/mol. The number of ether oxygens (including phenoxy) is 1. The summed E-state index contributed by atoms with van der Waals surface area (Å²) in [5, 5.41) is 21.1. The number of phenolic OH excluding ortho intramolecular Hbond substituents is 1. The molecule has 0 unspecified atom stereocenters. The molecule has 0 saturated carbocycles. The van der Waals surface area contributed by atoms with Crippen molar-refractivity contribution >= 4 is 23.4 Å². The van der Waals surface area contributed by atoms with E-state index in [1.54, 1.807) is 18.2 Å². The highest BCUT2D eigenvalue weighted by atomic mass is 32.2. The molecule has 1 amide bonds. The third kappa shape index (κ3) is 5.01. The van der Waals surface area contributed by atoms with Crippen LogP contribution in [0.1, 0.15) is 18.9 Å². The molecular weight excluding hydrogens is 364 g/mol. The molecule has 1 aromatic heterocycles. The number of thioether (sulfide) groups is 1. The van der Waals surface area contributed by atoms with Gasteiger partial charge in [-0.2, -0.15) is 0 Å². The molecule has 0 radical (unpaired) electrons.